The summed E-state index contributed by atoms with van der Waals surface area (Å²) in [6.07, 6.45) is 79.6. The van der Waals surface area contributed by atoms with Gasteiger partial charge in [0.1, 0.15) is 13.2 Å². The Morgan fingerprint density at radius 3 is 1.07 bits per heavy atom. The topological polar surface area (TPSA) is 111 Å². The van der Waals surface area contributed by atoms with Crippen LogP contribution in [-0.4, -0.2) is 82.3 Å². The Balaban J connectivity index is 3.96. The molecule has 2 atom stereocenters. The van der Waals surface area contributed by atoms with E-state index in [0.717, 1.165) is 89.9 Å². The standard InChI is InChI=1S/C71H125NO8/c1-6-8-10-12-14-16-18-20-22-23-24-25-26-27-28-29-30-31-32-33-34-35-36-37-38-39-40-41-42-43-44-45-46-47-48-50-52-54-56-58-60-62-69(74)80-67(66-79-71(70(75)76)77-64-63-72(3,4)5)65-78-68(73)61-59-57-55-53-51-49-21-19-17-15-13-11-9-7-2/h8,10,14,16,19-22,24-25,27-28,30-31,67,71H,6-7,9,11-13,15,17-18,23,26,29,32-66H2,1-5H3/b10-8-,16-14-,21-19-,22-20-,25-24-,28-27-,31-30-. The highest BCUT2D eigenvalue weighted by Gasteiger charge is 2.22. The molecule has 462 valence electrons. The second kappa shape index (κ2) is 61.5. The van der Waals surface area contributed by atoms with Crippen LogP contribution < -0.4 is 5.11 Å². The summed E-state index contributed by atoms with van der Waals surface area (Å²) in [5.74, 6) is -2.28. The van der Waals surface area contributed by atoms with E-state index in [-0.39, 0.29) is 38.6 Å². The highest BCUT2D eigenvalue weighted by atomic mass is 16.7. The minimum absolute atomic E-state index is 0.146. The van der Waals surface area contributed by atoms with Gasteiger partial charge in [-0.05, 0) is 89.9 Å². The Kier molecular flexibility index (Phi) is 58.8. The van der Waals surface area contributed by atoms with Crippen molar-refractivity contribution < 1.29 is 42.9 Å². The molecule has 0 heterocycles. The summed E-state index contributed by atoms with van der Waals surface area (Å²) >= 11 is 0. The first-order valence-electron chi connectivity index (χ1n) is 33.2. The lowest BCUT2D eigenvalue weighted by Gasteiger charge is -2.26. The molecule has 0 saturated heterocycles. The van der Waals surface area contributed by atoms with E-state index in [9.17, 15) is 19.5 Å². The van der Waals surface area contributed by atoms with E-state index in [1.807, 2.05) is 21.1 Å². The van der Waals surface area contributed by atoms with Gasteiger partial charge in [0.2, 0.25) is 0 Å². The molecule has 0 aliphatic rings. The van der Waals surface area contributed by atoms with Crippen LogP contribution in [-0.2, 0) is 33.3 Å². The third kappa shape index (κ3) is 62.1. The van der Waals surface area contributed by atoms with Gasteiger partial charge in [-0.15, -0.1) is 0 Å². The van der Waals surface area contributed by atoms with Crippen LogP contribution in [0, 0.1) is 0 Å². The van der Waals surface area contributed by atoms with Gasteiger partial charge in [-0.2, -0.15) is 0 Å². The maximum absolute atomic E-state index is 12.9. The first-order valence-corrected chi connectivity index (χ1v) is 33.2. The van der Waals surface area contributed by atoms with Gasteiger partial charge in [-0.1, -0.05) is 272 Å². The van der Waals surface area contributed by atoms with Crippen molar-refractivity contribution in [3.63, 3.8) is 0 Å². The summed E-state index contributed by atoms with van der Waals surface area (Å²) in [5.41, 5.74) is 0. The molecule has 0 rings (SSSR count). The van der Waals surface area contributed by atoms with E-state index in [0.29, 0.717) is 17.4 Å². The van der Waals surface area contributed by atoms with E-state index < -0.39 is 24.3 Å². The molecule has 0 aromatic rings. The predicted molar refractivity (Wildman–Crippen MR) is 338 cm³/mol. The third-order valence-electron chi connectivity index (χ3n) is 14.4. The Bertz CT molecular complexity index is 1590. The molecule has 0 aliphatic heterocycles. The zero-order valence-electron chi connectivity index (χ0n) is 52.7. The van der Waals surface area contributed by atoms with E-state index in [1.54, 1.807) is 0 Å². The molecule has 2 unspecified atom stereocenters. The fraction of sp³-hybridized carbons (Fsp3) is 0.761. The van der Waals surface area contributed by atoms with Crippen LogP contribution in [0.2, 0.25) is 0 Å². The van der Waals surface area contributed by atoms with E-state index in [4.69, 9.17) is 18.9 Å². The van der Waals surface area contributed by atoms with Crippen molar-refractivity contribution in [2.75, 3.05) is 47.5 Å². The Hall–Kier alpha value is -3.53. The average Bonchev–Trinajstić information content (AvgIpc) is 3.43. The number of ether oxygens (including phenoxy) is 4. The molecule has 0 aliphatic carbocycles. The molecule has 0 saturated carbocycles. The minimum atomic E-state index is -1.62. The second-order valence-corrected chi connectivity index (χ2v) is 23.4. The van der Waals surface area contributed by atoms with Crippen molar-refractivity contribution in [3.05, 3.63) is 85.1 Å². The summed E-state index contributed by atoms with van der Waals surface area (Å²) in [4.78, 5) is 37.3. The van der Waals surface area contributed by atoms with Crippen LogP contribution in [0.3, 0.4) is 0 Å². The van der Waals surface area contributed by atoms with Gasteiger partial charge in [0.15, 0.2) is 12.4 Å². The molecule has 0 bridgehead atoms. The molecule has 0 amide bonds. The van der Waals surface area contributed by atoms with E-state index in [1.165, 1.54) is 167 Å². The van der Waals surface area contributed by atoms with E-state index in [2.05, 4.69) is 98.9 Å². The van der Waals surface area contributed by atoms with Crippen molar-refractivity contribution in [2.24, 2.45) is 0 Å². The van der Waals surface area contributed by atoms with Gasteiger partial charge in [-0.3, -0.25) is 9.59 Å². The molecule has 0 aromatic carbocycles. The summed E-state index contributed by atoms with van der Waals surface area (Å²) < 4.78 is 22.7. The van der Waals surface area contributed by atoms with Gasteiger partial charge in [0, 0.05) is 12.8 Å². The van der Waals surface area contributed by atoms with Gasteiger partial charge in [0.05, 0.1) is 40.3 Å². The van der Waals surface area contributed by atoms with Crippen molar-refractivity contribution >= 4 is 17.9 Å². The lowest BCUT2D eigenvalue weighted by molar-refractivity contribution is -0.870. The average molecular weight is 1120 g/mol. The number of aliphatic carboxylic acids is 1. The Morgan fingerprint density at radius 2 is 0.713 bits per heavy atom. The fourth-order valence-electron chi connectivity index (χ4n) is 9.30. The molecule has 9 nitrogen and oxygen atoms in total. The van der Waals surface area contributed by atoms with Crippen molar-refractivity contribution in [3.8, 4) is 0 Å². The minimum Gasteiger partial charge on any atom is -0.545 e. The number of carbonyl (C=O) groups excluding carboxylic acids is 3. The smallest absolute Gasteiger partial charge is 0.306 e. The molecule has 0 aromatic heterocycles. The number of carboxylic acid groups (broad SMARTS) is 1. The SMILES string of the molecule is CC/C=C\C/C=C\C/C=C\C/C=C\C/C=C\C/C=C\CCCCCCCCCCCCCCCCCCCCCCCCC(=O)OC(COC(=O)CCCCCCC/C=C\CCCCCCC)COC(OCC[N+](C)(C)C)C(=O)[O-]. The fourth-order valence-corrected chi connectivity index (χ4v) is 9.30. The highest BCUT2D eigenvalue weighted by Crippen LogP contribution is 2.17. The zero-order valence-corrected chi connectivity index (χ0v) is 52.7. The van der Waals surface area contributed by atoms with Crippen molar-refractivity contribution in [2.45, 2.75) is 302 Å². The van der Waals surface area contributed by atoms with Crippen LogP contribution in [0.1, 0.15) is 290 Å². The molecule has 0 spiro atoms. The van der Waals surface area contributed by atoms with Crippen LogP contribution >= 0.6 is 0 Å². The maximum Gasteiger partial charge on any atom is 0.306 e. The lowest BCUT2D eigenvalue weighted by atomic mass is 10.0. The van der Waals surface area contributed by atoms with Crippen LogP contribution in [0.25, 0.3) is 0 Å². The number of rotatable bonds is 61. The number of nitrogens with zero attached hydrogens (tertiary/aromatic N) is 1. The number of hydrogen-bond acceptors (Lipinski definition) is 8. The van der Waals surface area contributed by atoms with Gasteiger partial charge in [-0.25, -0.2) is 0 Å². The normalized spacial score (nSPS) is 13.3. The summed E-state index contributed by atoms with van der Waals surface area (Å²) in [5, 5.41) is 11.8. The maximum atomic E-state index is 12.9. The molecular formula is C71H125NO8. The van der Waals surface area contributed by atoms with Crippen LogP contribution in [0.15, 0.2) is 85.1 Å². The largest absolute Gasteiger partial charge is 0.545 e. The van der Waals surface area contributed by atoms with Crippen LogP contribution in [0.4, 0.5) is 0 Å². The number of carboxylic acids is 1. The van der Waals surface area contributed by atoms with Crippen molar-refractivity contribution in [1.82, 2.24) is 0 Å². The number of unbranched alkanes of at least 4 members (excludes halogenated alkanes) is 32. The van der Waals surface area contributed by atoms with Gasteiger partial charge in [0.25, 0.3) is 0 Å². The number of hydrogen-bond donors (Lipinski definition) is 0. The molecule has 80 heavy (non-hydrogen) atoms. The molecule has 0 fully saturated rings. The number of esters is 2. The number of quaternary nitrogens is 1. The van der Waals surface area contributed by atoms with Gasteiger partial charge >= 0.3 is 11.9 Å². The predicted octanol–water partition coefficient (Wildman–Crippen LogP) is 19.0. The summed E-state index contributed by atoms with van der Waals surface area (Å²) in [6, 6.07) is 0. The monoisotopic (exact) mass is 1120 g/mol. The third-order valence-corrected chi connectivity index (χ3v) is 14.4. The number of likely N-dealkylation sites (N-methyl/N-ethyl adjacent to an activating group) is 1. The Morgan fingerprint density at radius 1 is 0.388 bits per heavy atom. The molecular weight excluding hydrogens is 995 g/mol. The zero-order chi connectivity index (χ0) is 58.3. The second-order valence-electron chi connectivity index (χ2n) is 23.4. The molecule has 9 heteroatoms. The van der Waals surface area contributed by atoms with E-state index >= 15 is 0 Å². The highest BCUT2D eigenvalue weighted by molar-refractivity contribution is 5.70. The number of carbonyl (C=O) groups is 3. The molecule has 0 radical (unpaired) electrons. The summed E-state index contributed by atoms with van der Waals surface area (Å²) in [6.45, 7) is 4.63. The quantitative estimate of drug-likeness (QED) is 0.0195. The number of allylic oxidation sites excluding steroid dienone is 14. The van der Waals surface area contributed by atoms with Crippen LogP contribution in [0.5, 0.6) is 0 Å². The van der Waals surface area contributed by atoms with Crippen molar-refractivity contribution in [1.29, 1.82) is 0 Å². The Labute approximate surface area is 493 Å². The first kappa shape index (κ1) is 76.5. The summed E-state index contributed by atoms with van der Waals surface area (Å²) in [7, 11) is 5.92. The van der Waals surface area contributed by atoms with Gasteiger partial charge < -0.3 is 33.3 Å². The lowest BCUT2D eigenvalue weighted by Crippen LogP contribution is -2.44. The molecule has 0 N–H and O–H groups in total. The first-order chi connectivity index (χ1) is 39.1.